The van der Waals surface area contributed by atoms with Crippen molar-refractivity contribution < 1.29 is 0 Å². The van der Waals surface area contributed by atoms with Gasteiger partial charge in [-0.3, -0.25) is 0 Å². The standard InChI is InChI=1S/C8H12/c1-3-7-5-2-6-8(7)4-1/h1,3,7-8H,2,4-6H2/t7-,8-/m1/s1. The van der Waals surface area contributed by atoms with E-state index in [1.165, 1.54) is 25.7 Å². The maximum Gasteiger partial charge on any atom is -0.0202 e. The molecule has 0 heterocycles. The predicted octanol–water partition coefficient (Wildman–Crippen LogP) is 2.36. The normalized spacial score (nSPS) is 43.0. The SMILES string of the molecule is C1=C[C@@H]2CCC[C@H]2C1. The first-order valence-electron chi connectivity index (χ1n) is 3.63. The fraction of sp³-hybridized carbons (Fsp3) is 0.750. The van der Waals surface area contributed by atoms with Crippen LogP contribution < -0.4 is 0 Å². The molecule has 2 aliphatic rings. The third-order valence-corrected chi connectivity index (χ3v) is 2.54. The molecule has 0 unspecified atom stereocenters. The van der Waals surface area contributed by atoms with Crippen LogP contribution >= 0.6 is 0 Å². The van der Waals surface area contributed by atoms with Crippen LogP contribution in [0.2, 0.25) is 0 Å². The molecule has 0 saturated heterocycles. The fourth-order valence-corrected chi connectivity index (χ4v) is 2.04. The monoisotopic (exact) mass is 108 g/mol. The summed E-state index contributed by atoms with van der Waals surface area (Å²) in [5, 5.41) is 0. The van der Waals surface area contributed by atoms with Gasteiger partial charge >= 0.3 is 0 Å². The molecular formula is C8H12. The Hall–Kier alpha value is -0.260. The highest BCUT2D eigenvalue weighted by Gasteiger charge is 2.26. The second-order valence-corrected chi connectivity index (χ2v) is 3.02. The molecule has 1 saturated carbocycles. The van der Waals surface area contributed by atoms with Gasteiger partial charge in [-0.1, -0.05) is 18.6 Å². The number of fused-ring (bicyclic) bond motifs is 1. The Balaban J connectivity index is 2.13. The van der Waals surface area contributed by atoms with Crippen LogP contribution in [0, 0.1) is 11.8 Å². The molecule has 2 atom stereocenters. The molecule has 0 aromatic carbocycles. The maximum atomic E-state index is 2.41. The van der Waals surface area contributed by atoms with Gasteiger partial charge in [0.25, 0.3) is 0 Å². The molecule has 0 amide bonds. The van der Waals surface area contributed by atoms with Gasteiger partial charge in [0.2, 0.25) is 0 Å². The number of allylic oxidation sites excluding steroid dienone is 2. The summed E-state index contributed by atoms with van der Waals surface area (Å²) in [6.07, 6.45) is 10.6. The van der Waals surface area contributed by atoms with Gasteiger partial charge in [0.05, 0.1) is 0 Å². The van der Waals surface area contributed by atoms with Crippen LogP contribution in [0.4, 0.5) is 0 Å². The molecule has 44 valence electrons. The van der Waals surface area contributed by atoms with Crippen molar-refractivity contribution in [3.05, 3.63) is 12.2 Å². The Bertz CT molecular complexity index is 113. The molecule has 2 aliphatic carbocycles. The third kappa shape index (κ3) is 0.521. The molecule has 0 spiro atoms. The topological polar surface area (TPSA) is 0 Å². The Labute approximate surface area is 50.6 Å². The zero-order valence-electron chi connectivity index (χ0n) is 5.14. The van der Waals surface area contributed by atoms with Crippen LogP contribution in [0.5, 0.6) is 0 Å². The van der Waals surface area contributed by atoms with Gasteiger partial charge in [-0.15, -0.1) is 0 Å². The number of hydrogen-bond donors (Lipinski definition) is 0. The highest BCUT2D eigenvalue weighted by atomic mass is 14.3. The van der Waals surface area contributed by atoms with E-state index in [1.807, 2.05) is 0 Å². The average Bonchev–Trinajstić information content (AvgIpc) is 2.15. The lowest BCUT2D eigenvalue weighted by molar-refractivity contribution is 0.496. The molecular weight excluding hydrogens is 96.1 g/mol. The number of rotatable bonds is 0. The Kier molecular flexibility index (Phi) is 0.927. The summed E-state index contributed by atoms with van der Waals surface area (Å²) >= 11 is 0. The van der Waals surface area contributed by atoms with Crippen molar-refractivity contribution in [3.8, 4) is 0 Å². The van der Waals surface area contributed by atoms with Crippen LogP contribution in [0.1, 0.15) is 25.7 Å². The van der Waals surface area contributed by atoms with E-state index < -0.39 is 0 Å². The lowest BCUT2D eigenvalue weighted by atomic mass is 10.0. The fourth-order valence-electron chi connectivity index (χ4n) is 2.04. The Morgan fingerprint density at radius 1 is 1.25 bits per heavy atom. The summed E-state index contributed by atoms with van der Waals surface area (Å²) in [7, 11) is 0. The van der Waals surface area contributed by atoms with Crippen molar-refractivity contribution in [1.29, 1.82) is 0 Å². The molecule has 0 aromatic heterocycles. The summed E-state index contributed by atoms with van der Waals surface area (Å²) < 4.78 is 0. The molecule has 0 nitrogen and oxygen atoms in total. The van der Waals surface area contributed by atoms with E-state index in [1.54, 1.807) is 0 Å². The highest BCUT2D eigenvalue weighted by molar-refractivity contribution is 5.03. The van der Waals surface area contributed by atoms with Crippen LogP contribution in [0.3, 0.4) is 0 Å². The molecule has 0 heteroatoms. The van der Waals surface area contributed by atoms with Gasteiger partial charge in [-0.2, -0.15) is 0 Å². The Morgan fingerprint density at radius 3 is 3.12 bits per heavy atom. The largest absolute Gasteiger partial charge is 0.0880 e. The lowest BCUT2D eigenvalue weighted by Crippen LogP contribution is -1.96. The van der Waals surface area contributed by atoms with Gasteiger partial charge < -0.3 is 0 Å². The van der Waals surface area contributed by atoms with E-state index in [9.17, 15) is 0 Å². The minimum atomic E-state index is 0.995. The van der Waals surface area contributed by atoms with Gasteiger partial charge in [0.15, 0.2) is 0 Å². The van der Waals surface area contributed by atoms with Crippen molar-refractivity contribution in [2.45, 2.75) is 25.7 Å². The van der Waals surface area contributed by atoms with Gasteiger partial charge in [0, 0.05) is 0 Å². The van der Waals surface area contributed by atoms with E-state index in [4.69, 9.17) is 0 Å². The molecule has 0 radical (unpaired) electrons. The second kappa shape index (κ2) is 1.61. The molecule has 0 aromatic rings. The molecule has 1 fully saturated rings. The van der Waals surface area contributed by atoms with Crippen molar-refractivity contribution >= 4 is 0 Å². The van der Waals surface area contributed by atoms with E-state index in [-0.39, 0.29) is 0 Å². The summed E-state index contributed by atoms with van der Waals surface area (Å²) in [6.45, 7) is 0. The average molecular weight is 108 g/mol. The highest BCUT2D eigenvalue weighted by Crippen LogP contribution is 2.39. The lowest BCUT2D eigenvalue weighted by Gasteiger charge is -2.04. The molecule has 8 heavy (non-hydrogen) atoms. The van der Waals surface area contributed by atoms with E-state index >= 15 is 0 Å². The second-order valence-electron chi connectivity index (χ2n) is 3.02. The first-order valence-corrected chi connectivity index (χ1v) is 3.63. The van der Waals surface area contributed by atoms with E-state index in [0.717, 1.165) is 11.8 Å². The molecule has 0 bridgehead atoms. The van der Waals surface area contributed by atoms with Crippen LogP contribution in [-0.2, 0) is 0 Å². The minimum absolute atomic E-state index is 0.995. The maximum absolute atomic E-state index is 2.41. The molecule has 0 aliphatic heterocycles. The first kappa shape index (κ1) is 4.60. The number of hydrogen-bond acceptors (Lipinski definition) is 0. The van der Waals surface area contributed by atoms with E-state index in [2.05, 4.69) is 12.2 Å². The van der Waals surface area contributed by atoms with Crippen molar-refractivity contribution in [3.63, 3.8) is 0 Å². The van der Waals surface area contributed by atoms with Crippen molar-refractivity contribution in [2.24, 2.45) is 11.8 Å². The smallest absolute Gasteiger partial charge is 0.0202 e. The van der Waals surface area contributed by atoms with Crippen LogP contribution in [0.25, 0.3) is 0 Å². The van der Waals surface area contributed by atoms with E-state index in [0.29, 0.717) is 0 Å². The quantitative estimate of drug-likeness (QED) is 0.418. The van der Waals surface area contributed by atoms with Gasteiger partial charge in [-0.05, 0) is 31.1 Å². The van der Waals surface area contributed by atoms with Gasteiger partial charge in [0.1, 0.15) is 0 Å². The zero-order chi connectivity index (χ0) is 5.40. The molecule has 0 N–H and O–H groups in total. The predicted molar refractivity (Wildman–Crippen MR) is 34.6 cm³/mol. The minimum Gasteiger partial charge on any atom is -0.0880 e. The van der Waals surface area contributed by atoms with Crippen molar-refractivity contribution in [2.75, 3.05) is 0 Å². The zero-order valence-corrected chi connectivity index (χ0v) is 5.14. The summed E-state index contributed by atoms with van der Waals surface area (Å²) in [5.41, 5.74) is 0. The van der Waals surface area contributed by atoms with Crippen molar-refractivity contribution in [1.82, 2.24) is 0 Å². The third-order valence-electron chi connectivity index (χ3n) is 2.54. The Morgan fingerprint density at radius 2 is 2.25 bits per heavy atom. The van der Waals surface area contributed by atoms with Crippen LogP contribution in [-0.4, -0.2) is 0 Å². The first-order chi connectivity index (χ1) is 3.97. The van der Waals surface area contributed by atoms with Gasteiger partial charge in [-0.25, -0.2) is 0 Å². The van der Waals surface area contributed by atoms with Crippen LogP contribution in [0.15, 0.2) is 12.2 Å². The summed E-state index contributed by atoms with van der Waals surface area (Å²) in [6, 6.07) is 0. The summed E-state index contributed by atoms with van der Waals surface area (Å²) in [5.74, 6) is 2.06. The molecule has 2 rings (SSSR count). The summed E-state index contributed by atoms with van der Waals surface area (Å²) in [4.78, 5) is 0.